The largest absolute Gasteiger partial charge is 0.310 e. The van der Waals surface area contributed by atoms with Crippen molar-refractivity contribution in [2.24, 2.45) is 5.92 Å². The predicted molar refractivity (Wildman–Crippen MR) is 80.3 cm³/mol. The second-order valence-electron chi connectivity index (χ2n) is 6.37. The third-order valence-corrected chi connectivity index (χ3v) is 6.37. The van der Waals surface area contributed by atoms with Gasteiger partial charge in [0.25, 0.3) is 10.0 Å². The molecule has 21 heavy (non-hydrogen) atoms. The molecule has 0 amide bonds. The summed E-state index contributed by atoms with van der Waals surface area (Å²) in [6, 6.07) is 0.544. The number of aromatic nitrogens is 2. The van der Waals surface area contributed by atoms with E-state index in [4.69, 9.17) is 0 Å². The van der Waals surface area contributed by atoms with Gasteiger partial charge in [0.2, 0.25) is 0 Å². The molecule has 0 aromatic carbocycles. The molecular formula is C14H24N4O2S. The number of hydrogen-bond donors (Lipinski definition) is 2. The summed E-state index contributed by atoms with van der Waals surface area (Å²) >= 11 is 0. The van der Waals surface area contributed by atoms with Gasteiger partial charge < -0.3 is 5.32 Å². The zero-order valence-corrected chi connectivity index (χ0v) is 13.5. The highest BCUT2D eigenvalue weighted by atomic mass is 32.2. The molecule has 7 heteroatoms. The van der Waals surface area contributed by atoms with Crippen LogP contribution >= 0.6 is 0 Å². The lowest BCUT2D eigenvalue weighted by Crippen LogP contribution is -2.35. The molecule has 0 bridgehead atoms. The van der Waals surface area contributed by atoms with E-state index >= 15 is 0 Å². The number of aryl methyl sites for hydroxylation is 1. The fraction of sp³-hybridized carbons (Fsp3) is 0.786. The maximum atomic E-state index is 12.7. The van der Waals surface area contributed by atoms with Gasteiger partial charge >= 0.3 is 0 Å². The molecule has 0 atom stereocenters. The molecule has 0 saturated heterocycles. The van der Waals surface area contributed by atoms with E-state index in [2.05, 4.69) is 15.5 Å². The molecule has 0 aliphatic heterocycles. The van der Waals surface area contributed by atoms with Crippen LogP contribution in [0.1, 0.15) is 43.4 Å². The number of sulfonamides is 1. The highest BCUT2D eigenvalue weighted by Crippen LogP contribution is 2.29. The Balaban J connectivity index is 1.76. The van der Waals surface area contributed by atoms with Gasteiger partial charge in [0.1, 0.15) is 0 Å². The van der Waals surface area contributed by atoms with E-state index in [0.717, 1.165) is 24.1 Å². The summed E-state index contributed by atoms with van der Waals surface area (Å²) in [7, 11) is -1.83. The van der Waals surface area contributed by atoms with Crippen molar-refractivity contribution in [3.8, 4) is 0 Å². The van der Waals surface area contributed by atoms with Gasteiger partial charge in [0.15, 0.2) is 5.03 Å². The molecule has 1 aromatic rings. The molecule has 2 aliphatic carbocycles. The standard InChI is InChI=1S/C14H24N4O2S/c1-10-13(8-15-12-6-7-12)14(17-16-10)21(19,20)18(2)9-11-4-3-5-11/h11-12,15H,3-9H2,1-2H3,(H,16,17). The lowest BCUT2D eigenvalue weighted by Gasteiger charge is -2.29. The maximum Gasteiger partial charge on any atom is 0.262 e. The Morgan fingerprint density at radius 2 is 2.05 bits per heavy atom. The van der Waals surface area contributed by atoms with Gasteiger partial charge in [-0.1, -0.05) is 6.42 Å². The molecule has 2 N–H and O–H groups in total. The topological polar surface area (TPSA) is 78.1 Å². The summed E-state index contributed by atoms with van der Waals surface area (Å²) < 4.78 is 26.9. The van der Waals surface area contributed by atoms with Crippen molar-refractivity contribution in [2.45, 2.75) is 56.6 Å². The maximum absolute atomic E-state index is 12.7. The zero-order chi connectivity index (χ0) is 15.0. The van der Waals surface area contributed by atoms with Crippen LogP contribution in [0.25, 0.3) is 0 Å². The third-order valence-electron chi connectivity index (χ3n) is 4.58. The molecule has 118 valence electrons. The molecular weight excluding hydrogens is 288 g/mol. The van der Waals surface area contributed by atoms with Crippen LogP contribution in [-0.4, -0.2) is 42.6 Å². The number of rotatable bonds is 7. The van der Waals surface area contributed by atoms with Crippen LogP contribution in [0, 0.1) is 12.8 Å². The minimum atomic E-state index is -3.50. The summed E-state index contributed by atoms with van der Waals surface area (Å²) in [6.07, 6.45) is 5.85. The van der Waals surface area contributed by atoms with E-state index in [0.29, 0.717) is 25.0 Å². The Bertz CT molecular complexity index is 602. The molecule has 1 aromatic heterocycles. The van der Waals surface area contributed by atoms with Crippen molar-refractivity contribution in [3.63, 3.8) is 0 Å². The molecule has 2 aliphatic rings. The Morgan fingerprint density at radius 3 is 2.62 bits per heavy atom. The van der Waals surface area contributed by atoms with Gasteiger partial charge in [-0.05, 0) is 38.5 Å². The molecule has 0 radical (unpaired) electrons. The number of H-pyrrole nitrogens is 1. The van der Waals surface area contributed by atoms with Gasteiger partial charge in [0, 0.05) is 37.4 Å². The Morgan fingerprint density at radius 1 is 1.33 bits per heavy atom. The average Bonchev–Trinajstić information content (AvgIpc) is 3.14. The van der Waals surface area contributed by atoms with E-state index < -0.39 is 10.0 Å². The van der Waals surface area contributed by atoms with Crippen molar-refractivity contribution in [2.75, 3.05) is 13.6 Å². The van der Waals surface area contributed by atoms with Crippen LogP contribution < -0.4 is 5.32 Å². The lowest BCUT2D eigenvalue weighted by atomic mass is 9.86. The molecule has 6 nitrogen and oxygen atoms in total. The van der Waals surface area contributed by atoms with E-state index in [1.54, 1.807) is 7.05 Å². The summed E-state index contributed by atoms with van der Waals surface area (Å²) in [6.45, 7) is 3.05. The van der Waals surface area contributed by atoms with Crippen molar-refractivity contribution in [1.82, 2.24) is 19.8 Å². The molecule has 2 fully saturated rings. The molecule has 0 unspecified atom stereocenters. The Hall–Kier alpha value is -0.920. The first-order valence-electron chi connectivity index (χ1n) is 7.72. The number of hydrogen-bond acceptors (Lipinski definition) is 4. The van der Waals surface area contributed by atoms with E-state index in [1.165, 1.54) is 23.6 Å². The van der Waals surface area contributed by atoms with E-state index in [9.17, 15) is 8.42 Å². The highest BCUT2D eigenvalue weighted by molar-refractivity contribution is 7.89. The molecule has 0 spiro atoms. The number of nitrogens with zero attached hydrogens (tertiary/aromatic N) is 2. The lowest BCUT2D eigenvalue weighted by molar-refractivity contribution is 0.262. The second kappa shape index (κ2) is 5.70. The first kappa shape index (κ1) is 15.0. The van der Waals surface area contributed by atoms with Gasteiger partial charge in [-0.2, -0.15) is 9.40 Å². The third kappa shape index (κ3) is 3.14. The predicted octanol–water partition coefficient (Wildman–Crippen LogP) is 1.39. The van der Waals surface area contributed by atoms with Crippen molar-refractivity contribution in [1.29, 1.82) is 0 Å². The van der Waals surface area contributed by atoms with E-state index in [1.807, 2.05) is 6.92 Å². The fourth-order valence-electron chi connectivity index (χ4n) is 2.67. The van der Waals surface area contributed by atoms with Crippen LogP contribution in [-0.2, 0) is 16.6 Å². The zero-order valence-electron chi connectivity index (χ0n) is 12.7. The first-order chi connectivity index (χ1) is 9.98. The van der Waals surface area contributed by atoms with Crippen LogP contribution in [0.5, 0.6) is 0 Å². The van der Waals surface area contributed by atoms with E-state index in [-0.39, 0.29) is 5.03 Å². The van der Waals surface area contributed by atoms with Crippen molar-refractivity contribution in [3.05, 3.63) is 11.3 Å². The first-order valence-corrected chi connectivity index (χ1v) is 9.16. The summed E-state index contributed by atoms with van der Waals surface area (Å²) in [4.78, 5) is 0. The summed E-state index contributed by atoms with van der Waals surface area (Å²) in [5, 5.41) is 10.5. The number of nitrogens with one attached hydrogen (secondary N) is 2. The smallest absolute Gasteiger partial charge is 0.262 e. The SMILES string of the molecule is Cc1[nH]nc(S(=O)(=O)N(C)CC2CCC2)c1CNC1CC1. The minimum Gasteiger partial charge on any atom is -0.310 e. The summed E-state index contributed by atoms with van der Waals surface area (Å²) in [5.41, 5.74) is 1.61. The van der Waals surface area contributed by atoms with Crippen LogP contribution in [0.4, 0.5) is 0 Å². The quantitative estimate of drug-likeness (QED) is 0.797. The number of aromatic amines is 1. The molecule has 3 rings (SSSR count). The molecule has 1 heterocycles. The average molecular weight is 312 g/mol. The van der Waals surface area contributed by atoms with Crippen molar-refractivity contribution >= 4 is 10.0 Å². The van der Waals surface area contributed by atoms with Crippen LogP contribution in [0.2, 0.25) is 0 Å². The fourth-order valence-corrected chi connectivity index (χ4v) is 4.07. The van der Waals surface area contributed by atoms with Crippen molar-refractivity contribution < 1.29 is 8.42 Å². The summed E-state index contributed by atoms with van der Waals surface area (Å²) in [5.74, 6) is 0.512. The Labute approximate surface area is 126 Å². The van der Waals surface area contributed by atoms with Gasteiger partial charge in [-0.25, -0.2) is 8.42 Å². The van der Waals surface area contributed by atoms with Gasteiger partial charge in [-0.15, -0.1) is 0 Å². The highest BCUT2D eigenvalue weighted by Gasteiger charge is 2.31. The Kier molecular flexibility index (Phi) is 4.07. The minimum absolute atomic E-state index is 0.190. The second-order valence-corrected chi connectivity index (χ2v) is 8.33. The van der Waals surface area contributed by atoms with Gasteiger partial charge in [0.05, 0.1) is 0 Å². The molecule has 2 saturated carbocycles. The van der Waals surface area contributed by atoms with Gasteiger partial charge in [-0.3, -0.25) is 5.10 Å². The normalized spacial score (nSPS) is 20.0. The van der Waals surface area contributed by atoms with Crippen LogP contribution in [0.3, 0.4) is 0 Å². The monoisotopic (exact) mass is 312 g/mol. The van der Waals surface area contributed by atoms with Crippen LogP contribution in [0.15, 0.2) is 5.03 Å².